The molecule has 0 bridgehead atoms. The van der Waals surface area contributed by atoms with Gasteiger partial charge in [0.2, 0.25) is 0 Å². The second kappa shape index (κ2) is 4.49. The van der Waals surface area contributed by atoms with Crippen molar-refractivity contribution in [2.75, 3.05) is 13.1 Å². The highest BCUT2D eigenvalue weighted by Gasteiger charge is 2.48. The van der Waals surface area contributed by atoms with Gasteiger partial charge in [0.05, 0.1) is 6.20 Å². The Morgan fingerprint density at radius 3 is 3.10 bits per heavy atom. The topological polar surface area (TPSA) is 72.1 Å². The minimum atomic E-state index is -0.187. The van der Waals surface area contributed by atoms with Crippen molar-refractivity contribution in [1.29, 1.82) is 0 Å². The molecular weight excluding hydrogens is 264 g/mol. The predicted octanol–water partition coefficient (Wildman–Crippen LogP) is 1.58. The zero-order chi connectivity index (χ0) is 14.4. The number of hydrogen-bond donors (Lipinski definition) is 1. The first-order valence-corrected chi connectivity index (χ1v) is 7.46. The summed E-state index contributed by atoms with van der Waals surface area (Å²) in [5.74, 6) is 0.392. The second-order valence-corrected chi connectivity index (χ2v) is 6.29. The number of aromatic nitrogens is 2. The number of carbonyl (C=O) groups is 1. The van der Waals surface area contributed by atoms with E-state index in [1.54, 1.807) is 6.20 Å². The first-order chi connectivity index (χ1) is 10.2. The molecule has 21 heavy (non-hydrogen) atoms. The first kappa shape index (κ1) is 12.7. The van der Waals surface area contributed by atoms with Crippen molar-refractivity contribution < 1.29 is 4.79 Å². The average molecular weight is 282 g/mol. The van der Waals surface area contributed by atoms with E-state index in [2.05, 4.69) is 10.2 Å². The molecule has 1 saturated heterocycles. The number of rotatable bonds is 1. The molecule has 2 unspecified atom stereocenters. The summed E-state index contributed by atoms with van der Waals surface area (Å²) in [7, 11) is 0. The van der Waals surface area contributed by atoms with Crippen molar-refractivity contribution in [1.82, 2.24) is 15.1 Å². The van der Waals surface area contributed by atoms with Crippen molar-refractivity contribution in [3.8, 4) is 0 Å². The van der Waals surface area contributed by atoms with E-state index >= 15 is 0 Å². The Balaban J connectivity index is 1.69. The van der Waals surface area contributed by atoms with E-state index in [0.29, 0.717) is 18.2 Å². The Morgan fingerprint density at radius 2 is 2.24 bits per heavy atom. The number of nitrogens with two attached hydrogens (primary N) is 1. The van der Waals surface area contributed by atoms with E-state index in [0.717, 1.165) is 30.2 Å². The third-order valence-corrected chi connectivity index (χ3v) is 4.99. The molecule has 2 aliphatic rings. The molecule has 2 aromatic rings. The molecule has 108 valence electrons. The third-order valence-electron chi connectivity index (χ3n) is 4.99. The fourth-order valence-electron chi connectivity index (χ4n) is 3.83. The highest BCUT2D eigenvalue weighted by atomic mass is 16.2. The number of hydrogen-bond acceptors (Lipinski definition) is 4. The molecule has 5 heteroatoms. The maximum Gasteiger partial charge on any atom is 0.275 e. The maximum atomic E-state index is 12.8. The monoisotopic (exact) mass is 282 g/mol. The molecule has 5 nitrogen and oxygen atoms in total. The largest absolute Gasteiger partial charge is 0.335 e. The second-order valence-electron chi connectivity index (χ2n) is 6.29. The van der Waals surface area contributed by atoms with Gasteiger partial charge < -0.3 is 10.6 Å². The van der Waals surface area contributed by atoms with Crippen molar-refractivity contribution >= 4 is 16.7 Å². The van der Waals surface area contributed by atoms with Gasteiger partial charge >= 0.3 is 0 Å². The lowest BCUT2D eigenvalue weighted by atomic mass is 9.92. The first-order valence-electron chi connectivity index (χ1n) is 7.46. The molecule has 4 rings (SSSR count). The van der Waals surface area contributed by atoms with E-state index in [1.807, 2.05) is 29.2 Å². The Kier molecular flexibility index (Phi) is 2.72. The summed E-state index contributed by atoms with van der Waals surface area (Å²) < 4.78 is 0. The molecule has 2 atom stereocenters. The van der Waals surface area contributed by atoms with Gasteiger partial charge in [-0.3, -0.25) is 4.79 Å². The van der Waals surface area contributed by atoms with E-state index < -0.39 is 0 Å². The number of carbonyl (C=O) groups excluding carboxylic acids is 1. The molecular formula is C16H18N4O. The van der Waals surface area contributed by atoms with Crippen LogP contribution in [0.3, 0.4) is 0 Å². The highest BCUT2D eigenvalue weighted by molar-refractivity contribution is 6.04. The third kappa shape index (κ3) is 1.92. The maximum absolute atomic E-state index is 12.8. The van der Waals surface area contributed by atoms with Crippen LogP contribution in [0.2, 0.25) is 0 Å². The number of benzene rings is 1. The van der Waals surface area contributed by atoms with Crippen LogP contribution < -0.4 is 5.73 Å². The molecule has 1 aromatic heterocycles. The molecule has 1 aliphatic heterocycles. The standard InChI is InChI=1S/C16H18N4O/c17-16-7-3-5-12(16)9-20(10-16)15(21)14-13-6-2-1-4-11(13)8-18-19-14/h1-2,4,6,8,12H,3,5,7,9-10,17H2. The normalized spacial score (nSPS) is 28.0. The zero-order valence-corrected chi connectivity index (χ0v) is 11.8. The van der Waals surface area contributed by atoms with Gasteiger partial charge in [0.25, 0.3) is 5.91 Å². The summed E-state index contributed by atoms with van der Waals surface area (Å²) in [6, 6.07) is 7.73. The van der Waals surface area contributed by atoms with Gasteiger partial charge in [-0.2, -0.15) is 5.10 Å². The molecule has 1 aliphatic carbocycles. The summed E-state index contributed by atoms with van der Waals surface area (Å²) in [4.78, 5) is 14.7. The van der Waals surface area contributed by atoms with E-state index in [4.69, 9.17) is 5.73 Å². The van der Waals surface area contributed by atoms with Crippen LogP contribution >= 0.6 is 0 Å². The number of fused-ring (bicyclic) bond motifs is 2. The van der Waals surface area contributed by atoms with Gasteiger partial charge in [-0.05, 0) is 18.8 Å². The van der Waals surface area contributed by atoms with Crippen LogP contribution in [0.25, 0.3) is 10.8 Å². The predicted molar refractivity (Wildman–Crippen MR) is 79.7 cm³/mol. The van der Waals surface area contributed by atoms with E-state index in [1.165, 1.54) is 6.42 Å². The summed E-state index contributed by atoms with van der Waals surface area (Å²) in [6.07, 6.45) is 5.01. The molecule has 0 radical (unpaired) electrons. The lowest BCUT2D eigenvalue weighted by Crippen LogP contribution is -2.45. The molecule has 1 aromatic carbocycles. The van der Waals surface area contributed by atoms with Crippen LogP contribution in [-0.2, 0) is 0 Å². The summed E-state index contributed by atoms with van der Waals surface area (Å²) in [6.45, 7) is 1.39. The fraction of sp³-hybridized carbons (Fsp3) is 0.438. The van der Waals surface area contributed by atoms with Crippen molar-refractivity contribution in [2.45, 2.75) is 24.8 Å². The fourth-order valence-corrected chi connectivity index (χ4v) is 3.83. The quantitative estimate of drug-likeness (QED) is 0.862. The van der Waals surface area contributed by atoms with Crippen molar-refractivity contribution in [2.24, 2.45) is 11.7 Å². The Hall–Kier alpha value is -2.01. The molecule has 2 N–H and O–H groups in total. The number of amides is 1. The average Bonchev–Trinajstić information content (AvgIpc) is 3.00. The summed E-state index contributed by atoms with van der Waals surface area (Å²) in [5, 5.41) is 9.86. The van der Waals surface area contributed by atoms with Gasteiger partial charge in [0.1, 0.15) is 0 Å². The SMILES string of the molecule is NC12CCCC1CN(C(=O)c1nncc3ccccc13)C2. The molecule has 2 heterocycles. The van der Waals surface area contributed by atoms with Gasteiger partial charge in [-0.15, -0.1) is 5.10 Å². The minimum Gasteiger partial charge on any atom is -0.335 e. The Bertz CT molecular complexity index is 711. The Morgan fingerprint density at radius 1 is 1.38 bits per heavy atom. The smallest absolute Gasteiger partial charge is 0.275 e. The molecule has 1 saturated carbocycles. The molecule has 1 amide bonds. The van der Waals surface area contributed by atoms with Crippen LogP contribution in [0.5, 0.6) is 0 Å². The van der Waals surface area contributed by atoms with Crippen molar-refractivity contribution in [3.63, 3.8) is 0 Å². The van der Waals surface area contributed by atoms with Crippen LogP contribution in [0.1, 0.15) is 29.8 Å². The summed E-state index contributed by atoms with van der Waals surface area (Å²) in [5.41, 5.74) is 6.71. The number of nitrogens with zero attached hydrogens (tertiary/aromatic N) is 3. The van der Waals surface area contributed by atoms with Crippen LogP contribution in [0.4, 0.5) is 0 Å². The Labute approximate surface area is 123 Å². The molecule has 2 fully saturated rings. The van der Waals surface area contributed by atoms with Gasteiger partial charge in [-0.1, -0.05) is 30.7 Å². The molecule has 0 spiro atoms. The van der Waals surface area contributed by atoms with Crippen LogP contribution in [0, 0.1) is 5.92 Å². The van der Waals surface area contributed by atoms with Crippen LogP contribution in [0.15, 0.2) is 30.5 Å². The van der Waals surface area contributed by atoms with Crippen LogP contribution in [-0.4, -0.2) is 39.6 Å². The van der Waals surface area contributed by atoms with Gasteiger partial charge in [0, 0.05) is 29.4 Å². The zero-order valence-electron chi connectivity index (χ0n) is 11.8. The van der Waals surface area contributed by atoms with E-state index in [9.17, 15) is 4.79 Å². The minimum absolute atomic E-state index is 0.0430. The van der Waals surface area contributed by atoms with Crippen molar-refractivity contribution in [3.05, 3.63) is 36.2 Å². The van der Waals surface area contributed by atoms with E-state index in [-0.39, 0.29) is 11.4 Å². The van der Waals surface area contributed by atoms with Gasteiger partial charge in [-0.25, -0.2) is 0 Å². The lowest BCUT2D eigenvalue weighted by molar-refractivity contribution is 0.0773. The number of likely N-dealkylation sites (tertiary alicyclic amines) is 1. The lowest BCUT2D eigenvalue weighted by Gasteiger charge is -2.23. The summed E-state index contributed by atoms with van der Waals surface area (Å²) >= 11 is 0. The highest BCUT2D eigenvalue weighted by Crippen LogP contribution is 2.40. The van der Waals surface area contributed by atoms with Gasteiger partial charge in [0.15, 0.2) is 5.69 Å².